The molecule has 1 fully saturated rings. The first-order chi connectivity index (χ1) is 15.4. The van der Waals surface area contributed by atoms with Crippen LogP contribution < -0.4 is 15.5 Å². The topological polar surface area (TPSA) is 120 Å². The van der Waals surface area contributed by atoms with Gasteiger partial charge in [0.1, 0.15) is 23.7 Å². The highest BCUT2D eigenvalue weighted by molar-refractivity contribution is 7.90. The Morgan fingerprint density at radius 3 is 2.72 bits per heavy atom. The van der Waals surface area contributed by atoms with Gasteiger partial charge in [0.15, 0.2) is 0 Å². The van der Waals surface area contributed by atoms with Crippen molar-refractivity contribution in [1.29, 1.82) is 0 Å². The van der Waals surface area contributed by atoms with Gasteiger partial charge in [0.05, 0.1) is 24.6 Å². The van der Waals surface area contributed by atoms with Crippen molar-refractivity contribution >= 4 is 40.2 Å². The molecule has 4 heterocycles. The summed E-state index contributed by atoms with van der Waals surface area (Å²) in [6.45, 7) is 4.39. The Morgan fingerprint density at radius 1 is 1.22 bits per heavy atom. The van der Waals surface area contributed by atoms with E-state index in [-0.39, 0.29) is 5.91 Å². The van der Waals surface area contributed by atoms with Gasteiger partial charge in [-0.25, -0.2) is 4.98 Å². The molecule has 0 saturated carbocycles. The Morgan fingerprint density at radius 2 is 2.00 bits per heavy atom. The molecule has 1 unspecified atom stereocenters. The van der Waals surface area contributed by atoms with Crippen LogP contribution in [0.2, 0.25) is 0 Å². The quantitative estimate of drug-likeness (QED) is 0.543. The van der Waals surface area contributed by atoms with Crippen LogP contribution in [0.4, 0.5) is 23.1 Å². The molecule has 168 valence electrons. The first-order valence-electron chi connectivity index (χ1n) is 10.1. The Hall–Kier alpha value is -3.15. The van der Waals surface area contributed by atoms with Gasteiger partial charge in [-0.3, -0.25) is 9.48 Å². The molecule has 1 aliphatic rings. The molecule has 3 aromatic rings. The maximum atomic E-state index is 11.8. The van der Waals surface area contributed by atoms with E-state index < -0.39 is 11.2 Å². The predicted octanol–water partition coefficient (Wildman–Crippen LogP) is 2.15. The van der Waals surface area contributed by atoms with Gasteiger partial charge in [-0.15, -0.1) is 0 Å². The number of nitrogens with zero attached hydrogens (tertiary/aromatic N) is 5. The number of ether oxygens (including phenoxy) is 1. The maximum absolute atomic E-state index is 11.8. The van der Waals surface area contributed by atoms with E-state index in [4.69, 9.17) is 9.84 Å². The molecule has 32 heavy (non-hydrogen) atoms. The molecule has 1 aliphatic heterocycles. The van der Waals surface area contributed by atoms with Gasteiger partial charge in [-0.1, -0.05) is 6.07 Å². The Labute approximate surface area is 189 Å². The van der Waals surface area contributed by atoms with Crippen molar-refractivity contribution in [3.05, 3.63) is 36.5 Å². The fourth-order valence-corrected chi connectivity index (χ4v) is 3.97. The lowest BCUT2D eigenvalue weighted by molar-refractivity contribution is -0.114. The number of carbonyl (C=O) groups is 1. The number of morpholine rings is 1. The summed E-state index contributed by atoms with van der Waals surface area (Å²) >= 11 is -1.21. The smallest absolute Gasteiger partial charge is 0.246 e. The van der Waals surface area contributed by atoms with E-state index in [1.54, 1.807) is 36.7 Å². The molecule has 1 atom stereocenters. The number of hydrogen-bond acceptors (Lipinski definition) is 8. The van der Waals surface area contributed by atoms with Crippen LogP contribution in [0.25, 0.3) is 11.3 Å². The van der Waals surface area contributed by atoms with Gasteiger partial charge in [-0.05, 0) is 6.07 Å². The fourth-order valence-electron chi connectivity index (χ4n) is 3.47. The van der Waals surface area contributed by atoms with Crippen LogP contribution >= 0.6 is 0 Å². The molecule has 0 spiro atoms. The number of anilines is 4. The van der Waals surface area contributed by atoms with E-state index in [1.807, 2.05) is 17.8 Å². The van der Waals surface area contributed by atoms with Crippen molar-refractivity contribution in [1.82, 2.24) is 19.7 Å². The van der Waals surface area contributed by atoms with Crippen LogP contribution in [0, 0.1) is 0 Å². The van der Waals surface area contributed by atoms with Crippen LogP contribution in [0.5, 0.6) is 0 Å². The molecular weight excluding hydrogens is 430 g/mol. The zero-order valence-electron chi connectivity index (χ0n) is 18.2. The fraction of sp³-hybridized carbons (Fsp3) is 0.333. The first kappa shape index (κ1) is 22.1. The van der Waals surface area contributed by atoms with Crippen LogP contribution in [0.1, 0.15) is 6.92 Å². The summed E-state index contributed by atoms with van der Waals surface area (Å²) < 4.78 is 19.1. The maximum Gasteiger partial charge on any atom is 0.246 e. The summed E-state index contributed by atoms with van der Waals surface area (Å²) in [4.78, 5) is 22.6. The van der Waals surface area contributed by atoms with Crippen LogP contribution in [-0.4, -0.2) is 62.8 Å². The van der Waals surface area contributed by atoms with E-state index in [9.17, 15) is 9.35 Å². The number of nitrogens with one attached hydrogen (secondary N) is 2. The summed E-state index contributed by atoms with van der Waals surface area (Å²) in [5.74, 6) is 1.71. The van der Waals surface area contributed by atoms with Crippen LogP contribution in [0.15, 0.2) is 41.6 Å². The Kier molecular flexibility index (Phi) is 6.58. The average Bonchev–Trinajstić information content (AvgIpc) is 3.15. The lowest BCUT2D eigenvalue weighted by Gasteiger charge is -2.28. The molecule has 3 aromatic heterocycles. The van der Waals surface area contributed by atoms with Crippen LogP contribution in [-0.2, 0) is 27.8 Å². The zero-order chi connectivity index (χ0) is 22.7. The number of pyridine rings is 2. The number of rotatable bonds is 6. The third-order valence-electron chi connectivity index (χ3n) is 4.96. The van der Waals surface area contributed by atoms with E-state index in [0.717, 1.165) is 30.2 Å². The number of aromatic nitrogens is 4. The molecule has 4 rings (SSSR count). The van der Waals surface area contributed by atoms with Crippen molar-refractivity contribution in [2.75, 3.05) is 48.1 Å². The molecule has 0 aromatic carbocycles. The molecule has 0 radical (unpaired) electrons. The second kappa shape index (κ2) is 9.55. The minimum absolute atomic E-state index is 0.217. The van der Waals surface area contributed by atoms with E-state index in [2.05, 4.69) is 25.5 Å². The molecule has 0 aliphatic carbocycles. The second-order valence-electron chi connectivity index (χ2n) is 7.35. The number of hydrogen-bond donors (Lipinski definition) is 2. The predicted molar refractivity (Wildman–Crippen MR) is 124 cm³/mol. The van der Waals surface area contributed by atoms with Gasteiger partial charge < -0.3 is 24.8 Å². The summed E-state index contributed by atoms with van der Waals surface area (Å²) in [5.41, 5.74) is 2.15. The SMILES string of the molecule is CC(=O)Nc1cc(Nc2cccc([S+](C)[O-])n2)c(-c2cc(N3CCOCC3)n(C)n2)cn1. The van der Waals surface area contributed by atoms with Crippen molar-refractivity contribution in [2.24, 2.45) is 7.05 Å². The third-order valence-corrected chi connectivity index (χ3v) is 5.77. The molecule has 10 nitrogen and oxygen atoms in total. The van der Waals surface area contributed by atoms with E-state index in [0.29, 0.717) is 35.6 Å². The Bertz CT molecular complexity index is 1110. The molecule has 1 saturated heterocycles. The lowest BCUT2D eigenvalue weighted by Crippen LogP contribution is -2.37. The summed E-state index contributed by atoms with van der Waals surface area (Å²) in [6.07, 6.45) is 3.25. The molecule has 2 N–H and O–H groups in total. The minimum Gasteiger partial charge on any atom is -0.610 e. The van der Waals surface area contributed by atoms with Gasteiger partial charge in [-0.2, -0.15) is 10.1 Å². The largest absolute Gasteiger partial charge is 0.610 e. The van der Waals surface area contributed by atoms with Crippen molar-refractivity contribution in [3.8, 4) is 11.3 Å². The average molecular weight is 456 g/mol. The molecule has 0 bridgehead atoms. The monoisotopic (exact) mass is 455 g/mol. The number of aryl methyl sites for hydroxylation is 1. The normalized spacial score (nSPS) is 14.8. The summed E-state index contributed by atoms with van der Waals surface area (Å²) in [7, 11) is 1.90. The van der Waals surface area contributed by atoms with Crippen LogP contribution in [0.3, 0.4) is 0 Å². The summed E-state index contributed by atoms with van der Waals surface area (Å²) in [5, 5.41) is 11.1. The van der Waals surface area contributed by atoms with Gasteiger partial charge >= 0.3 is 0 Å². The Balaban J connectivity index is 1.72. The number of carbonyl (C=O) groups excluding carboxylic acids is 1. The highest BCUT2D eigenvalue weighted by Gasteiger charge is 2.19. The first-order valence-corrected chi connectivity index (χ1v) is 11.7. The summed E-state index contributed by atoms with van der Waals surface area (Å²) in [6, 6.07) is 9.04. The molecule has 1 amide bonds. The van der Waals surface area contributed by atoms with Crippen molar-refractivity contribution in [2.45, 2.75) is 11.9 Å². The third kappa shape index (κ3) is 5.01. The second-order valence-corrected chi connectivity index (χ2v) is 8.67. The minimum atomic E-state index is -1.21. The zero-order valence-corrected chi connectivity index (χ0v) is 19.0. The van der Waals surface area contributed by atoms with E-state index >= 15 is 0 Å². The van der Waals surface area contributed by atoms with Gasteiger partial charge in [0.25, 0.3) is 0 Å². The lowest BCUT2D eigenvalue weighted by atomic mass is 10.1. The van der Waals surface area contributed by atoms with Gasteiger partial charge in [0, 0.05) is 68.2 Å². The highest BCUT2D eigenvalue weighted by Crippen LogP contribution is 2.33. The van der Waals surface area contributed by atoms with E-state index in [1.165, 1.54) is 6.92 Å². The number of amides is 1. The molecule has 11 heteroatoms. The van der Waals surface area contributed by atoms with Crippen molar-refractivity contribution in [3.63, 3.8) is 0 Å². The van der Waals surface area contributed by atoms with Crippen molar-refractivity contribution < 1.29 is 14.1 Å². The standard InChI is InChI=1S/C21H25N7O3S/c1-14(29)23-19-11-16(24-18-5-4-6-20(25-18)32(3)30)15(13-22-19)17-12-21(27(2)26-17)28-7-9-31-10-8-28/h4-6,11-13H,7-10H2,1-3H3,(H2,22,23,24,25,29). The highest BCUT2D eigenvalue weighted by atomic mass is 32.2. The molecular formula is C21H25N7O3S. The van der Waals surface area contributed by atoms with Gasteiger partial charge in [0.2, 0.25) is 10.9 Å².